The van der Waals surface area contributed by atoms with E-state index in [9.17, 15) is 0 Å². The molecule has 1 saturated carbocycles. The average molecular weight is 393 g/mol. The van der Waals surface area contributed by atoms with Gasteiger partial charge in [0.15, 0.2) is 0 Å². The van der Waals surface area contributed by atoms with Gasteiger partial charge in [-0.25, -0.2) is 5.73 Å². The summed E-state index contributed by atoms with van der Waals surface area (Å²) in [4.78, 5) is 7.75. The monoisotopic (exact) mass is 393 g/mol. The van der Waals surface area contributed by atoms with Gasteiger partial charge in [0.25, 0.3) is 0 Å². The molecule has 2 rings (SSSR count). The molecule has 0 bridgehead atoms. The van der Waals surface area contributed by atoms with E-state index in [0.29, 0.717) is 0 Å². The second kappa shape index (κ2) is 8.81. The predicted octanol–water partition coefficient (Wildman–Crippen LogP) is 1.40. The summed E-state index contributed by atoms with van der Waals surface area (Å²) in [5, 5.41) is 0. The molecule has 1 aliphatic carbocycles. The molecule has 0 spiro atoms. The van der Waals surface area contributed by atoms with Gasteiger partial charge in [-0.2, -0.15) is 6.42 Å². The molecule has 0 unspecified atom stereocenters. The molecule has 2 aliphatic rings. The smallest absolute Gasteiger partial charge is 0.551 e. The van der Waals surface area contributed by atoms with Crippen molar-refractivity contribution in [2.45, 2.75) is 38.1 Å². The number of rotatable bonds is 3. The normalized spacial score (nSPS) is 22.6. The van der Waals surface area contributed by atoms with Crippen molar-refractivity contribution in [3.8, 4) is 0 Å². The van der Waals surface area contributed by atoms with Crippen molar-refractivity contribution in [3.05, 3.63) is 5.73 Å². The van der Waals surface area contributed by atoms with Crippen LogP contribution in [0.1, 0.15) is 32.1 Å². The van der Waals surface area contributed by atoms with Gasteiger partial charge in [0, 0.05) is 6.61 Å². The van der Waals surface area contributed by atoms with Crippen LogP contribution >= 0.6 is 0 Å². The summed E-state index contributed by atoms with van der Waals surface area (Å²) in [6, 6.07) is 1.54. The van der Waals surface area contributed by atoms with Crippen molar-refractivity contribution >= 4 is 16.3 Å². The zero-order chi connectivity index (χ0) is 9.52. The topological polar surface area (TPSA) is 26.3 Å². The fourth-order valence-corrected chi connectivity index (χ4v) is 3.78. The largest absolute Gasteiger partial charge is 2.00 e. The maximum Gasteiger partial charge on any atom is 2.00 e. The molecule has 0 radical (unpaired) electrons. The zero-order valence-electron chi connectivity index (χ0n) is 8.44. The zero-order valence-corrected chi connectivity index (χ0v) is 12.1. The summed E-state index contributed by atoms with van der Waals surface area (Å²) in [6.45, 7) is 4.27. The number of ether oxygens (including phenoxy) is 1. The Morgan fingerprint density at radius 2 is 2.07 bits per heavy atom. The van der Waals surface area contributed by atoms with Crippen molar-refractivity contribution in [2.24, 2.45) is 5.92 Å². The minimum atomic E-state index is 0. The molecule has 0 aromatic heterocycles. The first-order chi connectivity index (χ1) is 6.45. The minimum absolute atomic E-state index is 0. The minimum Gasteiger partial charge on any atom is -0.551 e. The molecule has 2 fully saturated rings. The Morgan fingerprint density at radius 1 is 1.36 bits per heavy atom. The summed E-state index contributed by atoms with van der Waals surface area (Å²) in [6.07, 6.45) is 7.02. The molecule has 0 aromatic rings. The van der Waals surface area contributed by atoms with E-state index in [1.54, 1.807) is 0 Å². The molecule has 0 aromatic carbocycles. The van der Waals surface area contributed by atoms with Gasteiger partial charge in [0.05, 0.1) is 0 Å². The molecule has 0 amide bonds. The van der Waals surface area contributed by atoms with Crippen LogP contribution < -0.4 is 0 Å². The van der Waals surface area contributed by atoms with Crippen LogP contribution in [0.15, 0.2) is 0 Å². The SMILES string of the molecule is C1CC[C-]([SiH2]CC2CC2)OC1.[CH-]=O.[Pt+2]. The molecule has 84 valence electrons. The van der Waals surface area contributed by atoms with Crippen molar-refractivity contribution in [1.29, 1.82) is 0 Å². The third-order valence-corrected chi connectivity index (χ3v) is 4.91. The van der Waals surface area contributed by atoms with Crippen LogP contribution in [0.5, 0.6) is 0 Å². The first kappa shape index (κ1) is 14.5. The van der Waals surface area contributed by atoms with Crippen LogP contribution in [-0.4, -0.2) is 22.9 Å². The maximum atomic E-state index is 7.75. The van der Waals surface area contributed by atoms with Crippen molar-refractivity contribution in [1.82, 2.24) is 0 Å². The van der Waals surface area contributed by atoms with Gasteiger partial charge >= 0.3 is 21.1 Å². The molecular weight excluding hydrogens is 375 g/mol. The molecule has 1 heterocycles. The Morgan fingerprint density at radius 3 is 2.57 bits per heavy atom. The van der Waals surface area contributed by atoms with Crippen molar-refractivity contribution < 1.29 is 30.6 Å². The Balaban J connectivity index is 0.000000531. The molecular formula is C10H18O2PtSi. The summed E-state index contributed by atoms with van der Waals surface area (Å²) < 4.78 is 5.63. The molecule has 4 heteroatoms. The van der Waals surface area contributed by atoms with E-state index in [2.05, 4.69) is 6.79 Å². The third-order valence-electron chi connectivity index (χ3n) is 2.68. The fraction of sp³-hybridized carbons (Fsp3) is 0.800. The van der Waals surface area contributed by atoms with E-state index in [1.165, 1.54) is 43.9 Å². The van der Waals surface area contributed by atoms with Crippen LogP contribution in [-0.2, 0) is 30.6 Å². The molecule has 0 atom stereocenters. The first-order valence-corrected chi connectivity index (χ1v) is 6.87. The van der Waals surface area contributed by atoms with E-state index in [0.717, 1.165) is 12.5 Å². The van der Waals surface area contributed by atoms with Crippen LogP contribution in [0.4, 0.5) is 0 Å². The number of carbonyl (C=O) groups excluding carboxylic acids is 1. The second-order valence-electron chi connectivity index (χ2n) is 3.83. The average Bonchev–Trinajstić information content (AvgIpc) is 3.03. The molecule has 14 heavy (non-hydrogen) atoms. The van der Waals surface area contributed by atoms with Gasteiger partial charge in [0.1, 0.15) is 0 Å². The number of hydrogen-bond acceptors (Lipinski definition) is 2. The standard InChI is InChI=1S/C9H17OSi.CHO.Pt/c1-2-6-10-9(3-1)11-7-8-4-5-8;1-2;/h8H,1-7,11H2;1H;/q2*-1;+2. The Kier molecular flexibility index (Phi) is 9.15. The Bertz CT molecular complexity index is 136. The Labute approximate surface area is 103 Å². The third kappa shape index (κ3) is 6.10. The van der Waals surface area contributed by atoms with Gasteiger partial charge in [-0.15, -0.1) is 0 Å². The Hall–Kier alpha value is 0.535. The van der Waals surface area contributed by atoms with E-state index >= 15 is 0 Å². The van der Waals surface area contributed by atoms with Crippen LogP contribution in [0.25, 0.3) is 0 Å². The van der Waals surface area contributed by atoms with E-state index in [-0.39, 0.29) is 30.6 Å². The summed E-state index contributed by atoms with van der Waals surface area (Å²) in [7, 11) is 0.0750. The summed E-state index contributed by atoms with van der Waals surface area (Å²) in [5.41, 5.74) is 1.53. The van der Waals surface area contributed by atoms with Gasteiger partial charge < -0.3 is 9.53 Å². The van der Waals surface area contributed by atoms with E-state index < -0.39 is 0 Å². The number of hydrogen-bond donors (Lipinski definition) is 0. The fourth-order valence-electron chi connectivity index (χ4n) is 1.68. The molecule has 0 N–H and O–H groups in total. The molecule has 2 nitrogen and oxygen atoms in total. The predicted molar refractivity (Wildman–Crippen MR) is 55.9 cm³/mol. The summed E-state index contributed by atoms with van der Waals surface area (Å²) in [5.74, 6) is 1.12. The van der Waals surface area contributed by atoms with Crippen molar-refractivity contribution in [3.63, 3.8) is 0 Å². The van der Waals surface area contributed by atoms with E-state index in [4.69, 9.17) is 9.53 Å². The van der Waals surface area contributed by atoms with Crippen LogP contribution in [0, 0.1) is 11.6 Å². The maximum absolute atomic E-state index is 7.75. The van der Waals surface area contributed by atoms with Gasteiger partial charge in [0.2, 0.25) is 0 Å². The van der Waals surface area contributed by atoms with Gasteiger partial charge in [-0.3, -0.25) is 6.79 Å². The summed E-state index contributed by atoms with van der Waals surface area (Å²) >= 11 is 0. The molecule has 1 saturated heterocycles. The van der Waals surface area contributed by atoms with Crippen LogP contribution in [0.3, 0.4) is 0 Å². The van der Waals surface area contributed by atoms with Gasteiger partial charge in [-0.1, -0.05) is 34.8 Å². The van der Waals surface area contributed by atoms with Crippen LogP contribution in [0.2, 0.25) is 6.04 Å². The quantitative estimate of drug-likeness (QED) is 0.412. The second-order valence-corrected chi connectivity index (χ2v) is 5.69. The first-order valence-electron chi connectivity index (χ1n) is 5.16. The van der Waals surface area contributed by atoms with E-state index in [1.807, 2.05) is 0 Å². The van der Waals surface area contributed by atoms with Crippen molar-refractivity contribution in [2.75, 3.05) is 6.61 Å². The molecule has 1 aliphatic heterocycles. The van der Waals surface area contributed by atoms with Gasteiger partial charge in [-0.05, 0) is 12.3 Å².